The van der Waals surface area contributed by atoms with Gasteiger partial charge in [0.2, 0.25) is 0 Å². The molecule has 18 heavy (non-hydrogen) atoms. The van der Waals surface area contributed by atoms with Crippen LogP contribution in [0.5, 0.6) is 0 Å². The summed E-state index contributed by atoms with van der Waals surface area (Å²) in [4.78, 5) is 2.47. The lowest BCUT2D eigenvalue weighted by Crippen LogP contribution is -2.51. The highest BCUT2D eigenvalue weighted by Crippen LogP contribution is 2.39. The number of aliphatic hydroxyl groups excluding tert-OH is 1. The molecule has 1 saturated carbocycles. The van der Waals surface area contributed by atoms with Gasteiger partial charge in [0.1, 0.15) is 0 Å². The third-order valence-electron chi connectivity index (χ3n) is 4.47. The monoisotopic (exact) mass is 255 g/mol. The summed E-state index contributed by atoms with van der Waals surface area (Å²) < 4.78 is 5.75. The molecule has 0 aromatic heterocycles. The van der Waals surface area contributed by atoms with E-state index in [1.54, 1.807) is 0 Å². The highest BCUT2D eigenvalue weighted by molar-refractivity contribution is 4.88. The molecule has 1 heterocycles. The minimum absolute atomic E-state index is 0.0343. The van der Waals surface area contributed by atoms with E-state index in [0.29, 0.717) is 11.3 Å². The summed E-state index contributed by atoms with van der Waals surface area (Å²) in [7, 11) is 0. The van der Waals surface area contributed by atoms with Gasteiger partial charge in [0.15, 0.2) is 0 Å². The first kappa shape index (κ1) is 14.3. The zero-order valence-electron chi connectivity index (χ0n) is 12.4. The molecular formula is C15H29NO2. The summed E-state index contributed by atoms with van der Waals surface area (Å²) in [6, 6.07) is 0. The number of morpholine rings is 1. The summed E-state index contributed by atoms with van der Waals surface area (Å²) >= 11 is 0. The van der Waals surface area contributed by atoms with Crippen molar-refractivity contribution in [1.82, 2.24) is 4.90 Å². The summed E-state index contributed by atoms with van der Waals surface area (Å²) in [5, 5.41) is 10.2. The molecule has 3 nitrogen and oxygen atoms in total. The van der Waals surface area contributed by atoms with E-state index in [-0.39, 0.29) is 11.7 Å². The van der Waals surface area contributed by atoms with E-state index < -0.39 is 0 Å². The Morgan fingerprint density at radius 1 is 1.28 bits per heavy atom. The van der Waals surface area contributed by atoms with E-state index in [2.05, 4.69) is 32.6 Å². The Kier molecular flexibility index (Phi) is 4.05. The Morgan fingerprint density at radius 2 is 2.00 bits per heavy atom. The average molecular weight is 255 g/mol. The Balaban J connectivity index is 1.91. The molecule has 2 rings (SSSR count). The van der Waals surface area contributed by atoms with E-state index in [1.165, 1.54) is 0 Å². The third kappa shape index (κ3) is 3.69. The molecule has 0 amide bonds. The quantitative estimate of drug-likeness (QED) is 0.822. The van der Waals surface area contributed by atoms with Crippen LogP contribution < -0.4 is 0 Å². The standard InChI is InChI=1S/C15H29NO2/c1-14(2)6-5-13(17)12(9-14)10-16-7-8-18-15(3,4)11-16/h12-13,17H,5-11H2,1-4H3. The molecule has 1 saturated heterocycles. The molecule has 2 unspecified atom stereocenters. The number of nitrogens with zero attached hydrogens (tertiary/aromatic N) is 1. The smallest absolute Gasteiger partial charge is 0.0753 e. The van der Waals surface area contributed by atoms with Gasteiger partial charge in [0.05, 0.1) is 18.3 Å². The van der Waals surface area contributed by atoms with Crippen molar-refractivity contribution in [3.8, 4) is 0 Å². The van der Waals surface area contributed by atoms with Crippen molar-refractivity contribution in [2.24, 2.45) is 11.3 Å². The second-order valence-electron chi connectivity index (χ2n) is 7.58. The van der Waals surface area contributed by atoms with Gasteiger partial charge in [-0.25, -0.2) is 0 Å². The van der Waals surface area contributed by atoms with E-state index >= 15 is 0 Å². The minimum Gasteiger partial charge on any atom is -0.393 e. The van der Waals surface area contributed by atoms with Gasteiger partial charge in [-0.3, -0.25) is 4.90 Å². The van der Waals surface area contributed by atoms with Gasteiger partial charge in [0.25, 0.3) is 0 Å². The molecule has 3 heteroatoms. The Hall–Kier alpha value is -0.120. The highest BCUT2D eigenvalue weighted by atomic mass is 16.5. The lowest BCUT2D eigenvalue weighted by molar-refractivity contribution is -0.0978. The van der Waals surface area contributed by atoms with Crippen molar-refractivity contribution in [2.45, 2.75) is 58.7 Å². The van der Waals surface area contributed by atoms with E-state index in [0.717, 1.165) is 45.5 Å². The molecule has 2 fully saturated rings. The van der Waals surface area contributed by atoms with Gasteiger partial charge in [0, 0.05) is 19.6 Å². The lowest BCUT2D eigenvalue weighted by Gasteiger charge is -2.44. The molecular weight excluding hydrogens is 226 g/mol. The number of aliphatic hydroxyl groups is 1. The summed E-state index contributed by atoms with van der Waals surface area (Å²) in [6.45, 7) is 12.8. The lowest BCUT2D eigenvalue weighted by atomic mass is 9.70. The predicted octanol–water partition coefficient (Wildman–Crippen LogP) is 2.28. The molecule has 0 aromatic rings. The highest BCUT2D eigenvalue weighted by Gasteiger charge is 2.36. The molecule has 1 N–H and O–H groups in total. The summed E-state index contributed by atoms with van der Waals surface area (Å²) in [6.07, 6.45) is 3.15. The molecule has 0 bridgehead atoms. The van der Waals surface area contributed by atoms with Crippen LogP contribution in [0.1, 0.15) is 47.0 Å². The first-order chi connectivity index (χ1) is 8.27. The van der Waals surface area contributed by atoms with Gasteiger partial charge in [-0.1, -0.05) is 13.8 Å². The van der Waals surface area contributed by atoms with Crippen LogP contribution in [0.4, 0.5) is 0 Å². The van der Waals surface area contributed by atoms with Crippen LogP contribution >= 0.6 is 0 Å². The van der Waals surface area contributed by atoms with Gasteiger partial charge < -0.3 is 9.84 Å². The Bertz CT molecular complexity index is 288. The van der Waals surface area contributed by atoms with Crippen LogP contribution in [-0.4, -0.2) is 48.0 Å². The van der Waals surface area contributed by atoms with Crippen LogP contribution in [-0.2, 0) is 4.74 Å². The average Bonchev–Trinajstić information content (AvgIpc) is 2.22. The number of ether oxygens (including phenoxy) is 1. The largest absolute Gasteiger partial charge is 0.393 e. The fraction of sp³-hybridized carbons (Fsp3) is 1.00. The zero-order chi connectivity index (χ0) is 13.4. The third-order valence-corrected chi connectivity index (χ3v) is 4.47. The van der Waals surface area contributed by atoms with E-state index in [1.807, 2.05) is 0 Å². The maximum atomic E-state index is 10.2. The van der Waals surface area contributed by atoms with Crippen molar-refractivity contribution in [1.29, 1.82) is 0 Å². The molecule has 2 atom stereocenters. The number of hydrogen-bond donors (Lipinski definition) is 1. The molecule has 0 spiro atoms. The van der Waals surface area contributed by atoms with Crippen molar-refractivity contribution in [3.05, 3.63) is 0 Å². The van der Waals surface area contributed by atoms with Gasteiger partial charge in [-0.15, -0.1) is 0 Å². The van der Waals surface area contributed by atoms with Crippen LogP contribution in [0.25, 0.3) is 0 Å². The van der Waals surface area contributed by atoms with E-state index in [9.17, 15) is 5.11 Å². The molecule has 0 radical (unpaired) electrons. The molecule has 1 aliphatic carbocycles. The fourth-order valence-electron chi connectivity index (χ4n) is 3.51. The normalized spacial score (nSPS) is 36.5. The molecule has 0 aromatic carbocycles. The van der Waals surface area contributed by atoms with Crippen molar-refractivity contribution >= 4 is 0 Å². The minimum atomic E-state index is -0.107. The summed E-state index contributed by atoms with van der Waals surface area (Å²) in [5.41, 5.74) is 0.360. The fourth-order valence-corrected chi connectivity index (χ4v) is 3.51. The van der Waals surface area contributed by atoms with Crippen molar-refractivity contribution < 1.29 is 9.84 Å². The zero-order valence-corrected chi connectivity index (χ0v) is 12.4. The van der Waals surface area contributed by atoms with Crippen molar-refractivity contribution in [3.63, 3.8) is 0 Å². The van der Waals surface area contributed by atoms with Crippen molar-refractivity contribution in [2.75, 3.05) is 26.2 Å². The first-order valence-corrected chi connectivity index (χ1v) is 7.32. The maximum absolute atomic E-state index is 10.2. The molecule has 1 aliphatic heterocycles. The Labute approximate surface area is 112 Å². The van der Waals surface area contributed by atoms with Crippen LogP contribution in [0, 0.1) is 11.3 Å². The second kappa shape index (κ2) is 5.10. The molecule has 2 aliphatic rings. The van der Waals surface area contributed by atoms with Crippen LogP contribution in [0.15, 0.2) is 0 Å². The second-order valence-corrected chi connectivity index (χ2v) is 7.58. The first-order valence-electron chi connectivity index (χ1n) is 7.32. The predicted molar refractivity (Wildman–Crippen MR) is 73.6 cm³/mol. The van der Waals surface area contributed by atoms with Crippen LogP contribution in [0.2, 0.25) is 0 Å². The molecule has 106 valence electrons. The number of rotatable bonds is 2. The summed E-state index contributed by atoms with van der Waals surface area (Å²) in [5.74, 6) is 0.433. The van der Waals surface area contributed by atoms with E-state index in [4.69, 9.17) is 4.74 Å². The Morgan fingerprint density at radius 3 is 2.67 bits per heavy atom. The van der Waals surface area contributed by atoms with Gasteiger partial charge >= 0.3 is 0 Å². The SMILES string of the molecule is CC1(C)CCC(O)C(CN2CCOC(C)(C)C2)C1. The number of hydrogen-bond acceptors (Lipinski definition) is 3. The van der Waals surface area contributed by atoms with Crippen LogP contribution in [0.3, 0.4) is 0 Å². The van der Waals surface area contributed by atoms with Gasteiger partial charge in [-0.2, -0.15) is 0 Å². The maximum Gasteiger partial charge on any atom is 0.0753 e. The van der Waals surface area contributed by atoms with Gasteiger partial charge in [-0.05, 0) is 44.4 Å². The topological polar surface area (TPSA) is 32.7 Å².